The number of carbonyl (C=O) groups is 1. The third-order valence-corrected chi connectivity index (χ3v) is 5.14. The zero-order chi connectivity index (χ0) is 20.7. The van der Waals surface area contributed by atoms with Crippen LogP contribution in [0.5, 0.6) is 0 Å². The van der Waals surface area contributed by atoms with Gasteiger partial charge in [0.05, 0.1) is 6.20 Å². The van der Waals surface area contributed by atoms with Crippen molar-refractivity contribution in [1.82, 2.24) is 19.7 Å². The molecule has 1 aliphatic rings. The van der Waals surface area contributed by atoms with Gasteiger partial charge in [-0.05, 0) is 37.5 Å². The highest BCUT2D eigenvalue weighted by Crippen LogP contribution is 2.37. The smallest absolute Gasteiger partial charge is 0.373 e. The van der Waals surface area contributed by atoms with Crippen LogP contribution in [-0.2, 0) is 4.79 Å². The Kier molecular flexibility index (Phi) is 5.18. The van der Waals surface area contributed by atoms with E-state index in [1.165, 1.54) is 12.1 Å². The predicted octanol–water partition coefficient (Wildman–Crippen LogP) is 2.67. The number of rotatable bonds is 3. The largest absolute Gasteiger partial charge is 0.426 e. The number of piperidine rings is 1. The molecule has 3 unspecified atom stereocenters. The summed E-state index contributed by atoms with van der Waals surface area (Å²) in [5.74, 6) is -1.67. The molecule has 152 valence electrons. The van der Waals surface area contributed by atoms with Crippen LogP contribution in [0.4, 0.5) is 17.6 Å². The van der Waals surface area contributed by atoms with Crippen molar-refractivity contribution in [1.29, 1.82) is 0 Å². The van der Waals surface area contributed by atoms with E-state index in [1.807, 2.05) is 6.92 Å². The first-order valence-electron chi connectivity index (χ1n) is 8.76. The minimum Gasteiger partial charge on any atom is -0.373 e. The lowest BCUT2D eigenvalue weighted by Crippen LogP contribution is -2.58. The average molecular weight is 400 g/mol. The number of nitrogens with zero attached hydrogens (tertiary/aromatic N) is 4. The molecule has 28 heavy (non-hydrogen) atoms. The molecule has 1 amide bonds. The molecule has 3 rings (SSSR count). The summed E-state index contributed by atoms with van der Waals surface area (Å²) >= 11 is 0. The molecule has 3 heterocycles. The first kappa shape index (κ1) is 20.2. The Morgan fingerprint density at radius 2 is 2.00 bits per heavy atom. The van der Waals surface area contributed by atoms with Crippen molar-refractivity contribution in [3.63, 3.8) is 0 Å². The van der Waals surface area contributed by atoms with E-state index < -0.39 is 23.5 Å². The van der Waals surface area contributed by atoms with Crippen LogP contribution >= 0.6 is 0 Å². The van der Waals surface area contributed by atoms with Crippen molar-refractivity contribution in [3.8, 4) is 5.82 Å². The Hall–Kier alpha value is -2.49. The Morgan fingerprint density at radius 3 is 2.57 bits per heavy atom. The van der Waals surface area contributed by atoms with E-state index in [0.29, 0.717) is 19.2 Å². The van der Waals surface area contributed by atoms with Crippen molar-refractivity contribution in [2.24, 2.45) is 5.92 Å². The standard InChI is InChI=1S/C18H20F4N4O2/c1-11-10-25(16(27)17(2,28)18(20,21)22)8-6-13(11)14-5-7-24-26(14)15-4-3-12(19)9-23-15/h3-5,7,9,11,13,28H,6,8,10H2,1-2H3. The van der Waals surface area contributed by atoms with Gasteiger partial charge >= 0.3 is 6.18 Å². The molecule has 0 radical (unpaired) electrons. The van der Waals surface area contributed by atoms with E-state index in [2.05, 4.69) is 10.1 Å². The van der Waals surface area contributed by atoms with Gasteiger partial charge in [-0.1, -0.05) is 6.92 Å². The summed E-state index contributed by atoms with van der Waals surface area (Å²) in [5, 5.41) is 13.9. The van der Waals surface area contributed by atoms with Gasteiger partial charge in [0.15, 0.2) is 5.82 Å². The Morgan fingerprint density at radius 1 is 1.29 bits per heavy atom. The molecule has 3 atom stereocenters. The van der Waals surface area contributed by atoms with Gasteiger partial charge in [-0.25, -0.2) is 14.1 Å². The molecule has 1 fully saturated rings. The quantitative estimate of drug-likeness (QED) is 0.805. The van der Waals surface area contributed by atoms with Crippen LogP contribution in [0.25, 0.3) is 5.82 Å². The highest BCUT2D eigenvalue weighted by atomic mass is 19.4. The van der Waals surface area contributed by atoms with Gasteiger partial charge in [-0.15, -0.1) is 0 Å². The fourth-order valence-corrected chi connectivity index (χ4v) is 3.48. The second-order valence-electron chi connectivity index (χ2n) is 7.20. The molecular weight excluding hydrogens is 380 g/mol. The summed E-state index contributed by atoms with van der Waals surface area (Å²) in [4.78, 5) is 17.3. The van der Waals surface area contributed by atoms with Gasteiger partial charge in [0.25, 0.3) is 5.91 Å². The first-order valence-corrected chi connectivity index (χ1v) is 8.76. The summed E-state index contributed by atoms with van der Waals surface area (Å²) in [6.07, 6.45) is -2.01. The van der Waals surface area contributed by atoms with Gasteiger partial charge in [-0.3, -0.25) is 4.79 Å². The molecule has 1 aliphatic heterocycles. The average Bonchev–Trinajstić information content (AvgIpc) is 3.10. The lowest BCUT2D eigenvalue weighted by atomic mass is 9.83. The summed E-state index contributed by atoms with van der Waals surface area (Å²) in [6, 6.07) is 4.52. The van der Waals surface area contributed by atoms with Crippen molar-refractivity contribution in [2.45, 2.75) is 38.0 Å². The van der Waals surface area contributed by atoms with Crippen LogP contribution in [-0.4, -0.2) is 55.5 Å². The van der Waals surface area contributed by atoms with E-state index in [-0.39, 0.29) is 24.9 Å². The zero-order valence-corrected chi connectivity index (χ0v) is 15.3. The van der Waals surface area contributed by atoms with Gasteiger partial charge in [0.1, 0.15) is 5.82 Å². The van der Waals surface area contributed by atoms with Crippen LogP contribution in [0.3, 0.4) is 0 Å². The predicted molar refractivity (Wildman–Crippen MR) is 91.1 cm³/mol. The second-order valence-corrected chi connectivity index (χ2v) is 7.20. The topological polar surface area (TPSA) is 71.2 Å². The number of aromatic nitrogens is 3. The maximum absolute atomic E-state index is 13.1. The maximum Gasteiger partial charge on any atom is 0.426 e. The van der Waals surface area contributed by atoms with Crippen molar-refractivity contribution in [3.05, 3.63) is 42.1 Å². The molecular formula is C18H20F4N4O2. The first-order chi connectivity index (χ1) is 13.0. The van der Waals surface area contributed by atoms with E-state index in [9.17, 15) is 27.5 Å². The molecule has 1 N–H and O–H groups in total. The minimum absolute atomic E-state index is 0.0672. The molecule has 0 spiro atoms. The highest BCUT2D eigenvalue weighted by Gasteiger charge is 2.57. The van der Waals surface area contributed by atoms with Crippen molar-refractivity contribution in [2.75, 3.05) is 13.1 Å². The minimum atomic E-state index is -5.04. The molecule has 2 aromatic rings. The number of amides is 1. The number of alkyl halides is 3. The van der Waals surface area contributed by atoms with Gasteiger partial charge in [0, 0.05) is 30.9 Å². The fourth-order valence-electron chi connectivity index (χ4n) is 3.48. The fraction of sp³-hybridized carbons (Fsp3) is 0.500. The van der Waals surface area contributed by atoms with Crippen LogP contribution in [0.15, 0.2) is 30.6 Å². The molecule has 0 bridgehead atoms. The SMILES string of the molecule is CC1CN(C(=O)C(C)(O)C(F)(F)F)CCC1c1ccnn1-c1ccc(F)cn1. The van der Waals surface area contributed by atoms with E-state index in [4.69, 9.17) is 0 Å². The Bertz CT molecular complexity index is 848. The molecule has 0 aliphatic carbocycles. The zero-order valence-electron chi connectivity index (χ0n) is 15.3. The van der Waals surface area contributed by atoms with Crippen LogP contribution in [0.2, 0.25) is 0 Å². The summed E-state index contributed by atoms with van der Waals surface area (Å²) < 4.78 is 53.6. The van der Waals surface area contributed by atoms with Gasteiger partial charge < -0.3 is 10.0 Å². The molecule has 1 saturated heterocycles. The molecule has 6 nitrogen and oxygen atoms in total. The van der Waals surface area contributed by atoms with E-state index >= 15 is 0 Å². The Balaban J connectivity index is 1.78. The lowest BCUT2D eigenvalue weighted by Gasteiger charge is -2.40. The molecule has 2 aromatic heterocycles. The number of hydrogen-bond acceptors (Lipinski definition) is 4. The monoisotopic (exact) mass is 400 g/mol. The van der Waals surface area contributed by atoms with Crippen molar-refractivity contribution >= 4 is 5.91 Å². The number of carbonyl (C=O) groups excluding carboxylic acids is 1. The summed E-state index contributed by atoms with van der Waals surface area (Å²) in [5.41, 5.74) is -2.64. The third kappa shape index (κ3) is 3.60. The summed E-state index contributed by atoms with van der Waals surface area (Å²) in [7, 11) is 0. The van der Waals surface area contributed by atoms with E-state index in [0.717, 1.165) is 16.8 Å². The van der Waals surface area contributed by atoms with Gasteiger partial charge in [0.2, 0.25) is 5.60 Å². The number of pyridine rings is 1. The molecule has 10 heteroatoms. The van der Waals surface area contributed by atoms with E-state index in [1.54, 1.807) is 16.9 Å². The van der Waals surface area contributed by atoms with Crippen molar-refractivity contribution < 1.29 is 27.5 Å². The number of halogens is 4. The molecule has 0 aromatic carbocycles. The number of hydrogen-bond donors (Lipinski definition) is 1. The maximum atomic E-state index is 13.1. The number of likely N-dealkylation sites (tertiary alicyclic amines) is 1. The Labute approximate surface area is 158 Å². The second kappa shape index (κ2) is 7.16. The van der Waals surface area contributed by atoms with Gasteiger partial charge in [-0.2, -0.15) is 18.3 Å². The van der Waals surface area contributed by atoms with Crippen LogP contribution < -0.4 is 0 Å². The highest BCUT2D eigenvalue weighted by molar-refractivity contribution is 5.85. The molecule has 0 saturated carbocycles. The summed E-state index contributed by atoms with van der Waals surface area (Å²) in [6.45, 7) is 2.43. The third-order valence-electron chi connectivity index (χ3n) is 5.14. The van der Waals surface area contributed by atoms with Crippen LogP contribution in [0, 0.1) is 11.7 Å². The van der Waals surface area contributed by atoms with Crippen LogP contribution in [0.1, 0.15) is 31.9 Å². The number of aliphatic hydroxyl groups is 1. The normalized spacial score (nSPS) is 22.8. The lowest BCUT2D eigenvalue weighted by molar-refractivity contribution is -0.250.